The highest BCUT2D eigenvalue weighted by Crippen LogP contribution is 2.51. The molecule has 0 amide bonds. The highest BCUT2D eigenvalue weighted by atomic mass is 16.3. The van der Waals surface area contributed by atoms with E-state index in [1.54, 1.807) is 0 Å². The van der Waals surface area contributed by atoms with Crippen LogP contribution in [-0.2, 0) is 5.41 Å². The van der Waals surface area contributed by atoms with Gasteiger partial charge in [0.1, 0.15) is 11.2 Å². The zero-order chi connectivity index (χ0) is 40.7. The maximum Gasteiger partial charge on any atom is 0.136 e. The lowest BCUT2D eigenvalue weighted by Crippen LogP contribution is -2.16. The first-order valence-corrected chi connectivity index (χ1v) is 21.2. The van der Waals surface area contributed by atoms with Crippen LogP contribution in [0.2, 0.25) is 0 Å². The van der Waals surface area contributed by atoms with Crippen molar-refractivity contribution in [3.63, 3.8) is 0 Å². The number of fused-ring (bicyclic) bond motifs is 8. The van der Waals surface area contributed by atoms with Crippen LogP contribution in [0, 0.1) is 0 Å². The third-order valence-electron chi connectivity index (χ3n) is 13.0. The average molecular weight is 780 g/mol. The van der Waals surface area contributed by atoms with Gasteiger partial charge in [-0.05, 0) is 138 Å². The lowest BCUT2D eigenvalue weighted by atomic mass is 9.82. The van der Waals surface area contributed by atoms with Gasteiger partial charge in [0.2, 0.25) is 0 Å². The van der Waals surface area contributed by atoms with Crippen LogP contribution in [0.5, 0.6) is 0 Å². The number of rotatable bonds is 6. The van der Waals surface area contributed by atoms with E-state index in [1.165, 1.54) is 66.1 Å². The van der Waals surface area contributed by atoms with Crippen LogP contribution in [0.25, 0.3) is 88.0 Å². The van der Waals surface area contributed by atoms with E-state index in [4.69, 9.17) is 4.42 Å². The van der Waals surface area contributed by atoms with Crippen LogP contribution < -0.4 is 4.90 Å². The Morgan fingerprint density at radius 2 is 0.934 bits per heavy atom. The predicted octanol–water partition coefficient (Wildman–Crippen LogP) is 16.7. The molecule has 12 rings (SSSR count). The standard InChI is InChI=1S/C59H41NO/c1-59(2)54-20-9-7-19-50(54)51-30-29-48(37-55(51)59)60(47-27-24-39(25-28-47)41-16-11-17-42(32-41)45-23-22-38-12-3-4-13-40(38)33-45)56-21-10-8-18-49(56)46-26-31-57-52(35-46)53-34-43-14-5-6-15-44(43)36-58(53)61-57/h3-37H,1-2H3. The Bertz CT molecular complexity index is 3520. The van der Waals surface area contributed by atoms with Gasteiger partial charge in [-0.3, -0.25) is 0 Å². The Morgan fingerprint density at radius 1 is 0.344 bits per heavy atom. The topological polar surface area (TPSA) is 16.4 Å². The molecule has 0 radical (unpaired) electrons. The van der Waals surface area contributed by atoms with Crippen molar-refractivity contribution in [1.29, 1.82) is 0 Å². The molecule has 0 saturated carbocycles. The van der Waals surface area contributed by atoms with Crippen molar-refractivity contribution in [2.24, 2.45) is 0 Å². The van der Waals surface area contributed by atoms with Gasteiger partial charge in [0.15, 0.2) is 0 Å². The number of para-hydroxylation sites is 1. The van der Waals surface area contributed by atoms with Crippen molar-refractivity contribution in [3.8, 4) is 44.5 Å². The molecular weight excluding hydrogens is 739 g/mol. The Hall–Kier alpha value is -7.68. The van der Waals surface area contributed by atoms with Crippen molar-refractivity contribution in [2.75, 3.05) is 4.90 Å². The van der Waals surface area contributed by atoms with Gasteiger partial charge in [-0.25, -0.2) is 0 Å². The molecule has 0 saturated heterocycles. The van der Waals surface area contributed by atoms with Gasteiger partial charge in [0.05, 0.1) is 5.69 Å². The minimum Gasteiger partial charge on any atom is -0.456 e. The first-order chi connectivity index (χ1) is 30.0. The summed E-state index contributed by atoms with van der Waals surface area (Å²) in [6, 6.07) is 77.6. The lowest BCUT2D eigenvalue weighted by Gasteiger charge is -2.30. The summed E-state index contributed by atoms with van der Waals surface area (Å²) in [5, 5.41) is 7.14. The number of furan rings is 1. The fourth-order valence-corrected chi connectivity index (χ4v) is 9.85. The largest absolute Gasteiger partial charge is 0.456 e. The Labute approximate surface area is 355 Å². The molecule has 0 aliphatic heterocycles. The fraction of sp³-hybridized carbons (Fsp3) is 0.0508. The molecule has 0 spiro atoms. The lowest BCUT2D eigenvalue weighted by molar-refractivity contribution is 0.660. The van der Waals surface area contributed by atoms with Crippen LogP contribution in [-0.4, -0.2) is 0 Å². The third kappa shape index (κ3) is 5.79. The minimum atomic E-state index is -0.134. The van der Waals surface area contributed by atoms with Crippen LogP contribution >= 0.6 is 0 Å². The molecule has 11 aromatic rings. The number of anilines is 3. The first-order valence-electron chi connectivity index (χ1n) is 21.2. The molecule has 2 heteroatoms. The Kier molecular flexibility index (Phi) is 7.92. The number of benzene rings is 10. The van der Waals surface area contributed by atoms with Crippen LogP contribution in [0.15, 0.2) is 217 Å². The summed E-state index contributed by atoms with van der Waals surface area (Å²) in [7, 11) is 0. The monoisotopic (exact) mass is 779 g/mol. The van der Waals surface area contributed by atoms with Gasteiger partial charge >= 0.3 is 0 Å². The summed E-state index contributed by atoms with van der Waals surface area (Å²) in [6.45, 7) is 4.71. The SMILES string of the molecule is CC1(C)c2ccccc2-c2ccc(N(c3ccc(-c4cccc(-c5ccc6ccccc6c5)c4)cc3)c3ccccc3-c3ccc4oc5cc6ccccc6cc5c4c3)cc21. The molecular formula is C59H41NO. The summed E-state index contributed by atoms with van der Waals surface area (Å²) in [4.78, 5) is 2.44. The highest BCUT2D eigenvalue weighted by molar-refractivity contribution is 6.11. The van der Waals surface area contributed by atoms with E-state index in [0.717, 1.165) is 50.1 Å². The van der Waals surface area contributed by atoms with Gasteiger partial charge in [-0.15, -0.1) is 0 Å². The molecule has 288 valence electrons. The maximum absolute atomic E-state index is 6.44. The van der Waals surface area contributed by atoms with Gasteiger partial charge in [0.25, 0.3) is 0 Å². The molecule has 0 atom stereocenters. The normalized spacial score (nSPS) is 12.9. The van der Waals surface area contributed by atoms with Crippen LogP contribution in [0.4, 0.5) is 17.1 Å². The molecule has 1 heterocycles. The van der Waals surface area contributed by atoms with E-state index in [1.807, 2.05) is 0 Å². The molecule has 0 fully saturated rings. The van der Waals surface area contributed by atoms with Gasteiger partial charge in [-0.2, -0.15) is 0 Å². The van der Waals surface area contributed by atoms with E-state index in [0.29, 0.717) is 0 Å². The summed E-state index contributed by atoms with van der Waals surface area (Å²) in [6.07, 6.45) is 0. The molecule has 10 aromatic carbocycles. The number of hydrogen-bond donors (Lipinski definition) is 0. The number of nitrogens with zero attached hydrogens (tertiary/aromatic N) is 1. The zero-order valence-corrected chi connectivity index (χ0v) is 34.1. The summed E-state index contributed by atoms with van der Waals surface area (Å²) >= 11 is 0. The minimum absolute atomic E-state index is 0.134. The quantitative estimate of drug-likeness (QED) is 0.167. The van der Waals surface area contributed by atoms with Crippen LogP contribution in [0.3, 0.4) is 0 Å². The average Bonchev–Trinajstić information content (AvgIpc) is 3.78. The molecule has 1 aliphatic rings. The molecule has 0 unspecified atom stereocenters. The number of hydrogen-bond acceptors (Lipinski definition) is 2. The van der Waals surface area contributed by atoms with E-state index in [-0.39, 0.29) is 5.41 Å². The van der Waals surface area contributed by atoms with E-state index in [2.05, 4.69) is 231 Å². The second kappa shape index (κ2) is 13.7. The van der Waals surface area contributed by atoms with Crippen molar-refractivity contribution in [2.45, 2.75) is 19.3 Å². The Morgan fingerprint density at radius 3 is 1.75 bits per heavy atom. The zero-order valence-electron chi connectivity index (χ0n) is 34.1. The molecule has 0 N–H and O–H groups in total. The van der Waals surface area contributed by atoms with Crippen LogP contribution in [0.1, 0.15) is 25.0 Å². The fourth-order valence-electron chi connectivity index (χ4n) is 9.85. The highest BCUT2D eigenvalue weighted by Gasteiger charge is 2.36. The summed E-state index contributed by atoms with van der Waals surface area (Å²) in [5.74, 6) is 0. The molecule has 1 aromatic heterocycles. The summed E-state index contributed by atoms with van der Waals surface area (Å²) < 4.78 is 6.44. The second-order valence-corrected chi connectivity index (χ2v) is 17.0. The molecule has 0 bridgehead atoms. The summed E-state index contributed by atoms with van der Waals surface area (Å²) in [5.41, 5.74) is 17.4. The molecule has 1 aliphatic carbocycles. The van der Waals surface area contributed by atoms with Gasteiger partial charge in [-0.1, -0.05) is 159 Å². The predicted molar refractivity (Wildman–Crippen MR) is 257 cm³/mol. The molecule has 2 nitrogen and oxygen atoms in total. The van der Waals surface area contributed by atoms with Crippen molar-refractivity contribution in [3.05, 3.63) is 223 Å². The second-order valence-electron chi connectivity index (χ2n) is 17.0. The Balaban J connectivity index is 0.991. The smallest absolute Gasteiger partial charge is 0.136 e. The van der Waals surface area contributed by atoms with Crippen molar-refractivity contribution < 1.29 is 4.42 Å². The third-order valence-corrected chi connectivity index (χ3v) is 13.0. The van der Waals surface area contributed by atoms with E-state index in [9.17, 15) is 0 Å². The molecule has 61 heavy (non-hydrogen) atoms. The van der Waals surface area contributed by atoms with E-state index >= 15 is 0 Å². The van der Waals surface area contributed by atoms with Gasteiger partial charge < -0.3 is 9.32 Å². The van der Waals surface area contributed by atoms with Gasteiger partial charge in [0, 0.05) is 33.1 Å². The van der Waals surface area contributed by atoms with Crippen molar-refractivity contribution >= 4 is 60.5 Å². The van der Waals surface area contributed by atoms with Crippen molar-refractivity contribution in [1.82, 2.24) is 0 Å². The van der Waals surface area contributed by atoms with E-state index < -0.39 is 0 Å². The maximum atomic E-state index is 6.44. The first kappa shape index (κ1) is 35.3.